The first-order valence-electron chi connectivity index (χ1n) is 5.18. The molecule has 0 saturated carbocycles. The van der Waals surface area contributed by atoms with Crippen LogP contribution in [0.5, 0.6) is 0 Å². The molecule has 0 aliphatic carbocycles. The highest BCUT2D eigenvalue weighted by atomic mass is 16.5. The van der Waals surface area contributed by atoms with Crippen LogP contribution in [0.2, 0.25) is 0 Å². The highest BCUT2D eigenvalue weighted by Crippen LogP contribution is 2.21. The molecule has 0 aromatic heterocycles. The number of esters is 1. The van der Waals surface area contributed by atoms with Crippen molar-refractivity contribution in [2.24, 2.45) is 0 Å². The van der Waals surface area contributed by atoms with E-state index >= 15 is 0 Å². The molecule has 0 aliphatic rings. The Morgan fingerprint density at radius 2 is 2.12 bits per heavy atom. The van der Waals surface area contributed by atoms with Crippen molar-refractivity contribution in [3.63, 3.8) is 0 Å². The van der Waals surface area contributed by atoms with Gasteiger partial charge in [0.2, 0.25) is 5.76 Å². The first-order chi connectivity index (χ1) is 8.11. The zero-order valence-electron chi connectivity index (χ0n) is 9.73. The summed E-state index contributed by atoms with van der Waals surface area (Å²) >= 11 is 0. The number of hydrogen-bond donors (Lipinski definition) is 1. The molecule has 0 amide bonds. The molecule has 0 fully saturated rings. The number of nitrogens with zero attached hydrogens (tertiary/aromatic N) is 1. The monoisotopic (exact) mass is 231 g/mol. The average molecular weight is 231 g/mol. The quantitative estimate of drug-likeness (QED) is 0.375. The Balaban J connectivity index is 3.25. The first-order valence-corrected chi connectivity index (χ1v) is 5.18. The Morgan fingerprint density at radius 3 is 2.65 bits per heavy atom. The van der Waals surface area contributed by atoms with Crippen LogP contribution in [0, 0.1) is 18.3 Å². The number of hydrogen-bond acceptors (Lipinski definition) is 4. The summed E-state index contributed by atoms with van der Waals surface area (Å²) in [6.07, 6.45) is 0. The van der Waals surface area contributed by atoms with Gasteiger partial charge in [-0.2, -0.15) is 5.26 Å². The molecule has 0 radical (unpaired) electrons. The first kappa shape index (κ1) is 12.8. The summed E-state index contributed by atoms with van der Waals surface area (Å²) in [6.45, 7) is 3.57. The Hall–Kier alpha value is -2.28. The molecular weight excluding hydrogens is 218 g/mol. The van der Waals surface area contributed by atoms with E-state index in [-0.39, 0.29) is 12.2 Å². The standard InChI is InChI=1S/C13H13NO3/c1-3-17-13(16)12(15)11(8-14)10-7-5-4-6-9(10)2/h4-7,15H,3H2,1-2H3. The lowest BCUT2D eigenvalue weighted by Gasteiger charge is -2.06. The van der Waals surface area contributed by atoms with Crippen LogP contribution in [0.3, 0.4) is 0 Å². The smallest absolute Gasteiger partial charge is 0.374 e. The maximum Gasteiger partial charge on any atom is 0.374 e. The topological polar surface area (TPSA) is 70.3 Å². The van der Waals surface area contributed by atoms with Crippen molar-refractivity contribution >= 4 is 11.5 Å². The largest absolute Gasteiger partial charge is 0.501 e. The molecule has 0 aliphatic heterocycles. The van der Waals surface area contributed by atoms with Gasteiger partial charge in [-0.25, -0.2) is 4.79 Å². The molecule has 0 saturated heterocycles. The van der Waals surface area contributed by atoms with E-state index in [1.54, 1.807) is 32.0 Å². The van der Waals surface area contributed by atoms with Crippen LogP contribution < -0.4 is 0 Å². The minimum atomic E-state index is -0.882. The normalized spacial score (nSPS) is 11.4. The maximum atomic E-state index is 11.3. The van der Waals surface area contributed by atoms with Crippen molar-refractivity contribution < 1.29 is 14.6 Å². The molecule has 88 valence electrons. The van der Waals surface area contributed by atoms with Gasteiger partial charge >= 0.3 is 5.97 Å². The summed E-state index contributed by atoms with van der Waals surface area (Å²) in [4.78, 5) is 11.3. The van der Waals surface area contributed by atoms with Crippen molar-refractivity contribution in [3.8, 4) is 6.07 Å². The van der Waals surface area contributed by atoms with E-state index in [4.69, 9.17) is 5.26 Å². The third kappa shape index (κ3) is 2.85. The third-order valence-electron chi connectivity index (χ3n) is 2.23. The summed E-state index contributed by atoms with van der Waals surface area (Å²) < 4.78 is 4.65. The summed E-state index contributed by atoms with van der Waals surface area (Å²) in [6, 6.07) is 8.84. The predicted molar refractivity (Wildman–Crippen MR) is 63.0 cm³/mol. The Morgan fingerprint density at radius 1 is 1.47 bits per heavy atom. The summed E-state index contributed by atoms with van der Waals surface area (Å²) in [7, 11) is 0. The molecule has 0 unspecified atom stereocenters. The molecule has 17 heavy (non-hydrogen) atoms. The van der Waals surface area contributed by atoms with Crippen LogP contribution >= 0.6 is 0 Å². The second-order valence-electron chi connectivity index (χ2n) is 3.37. The number of aliphatic hydroxyl groups excluding tert-OH is 1. The molecule has 0 spiro atoms. The Labute approximate surface area is 99.8 Å². The lowest BCUT2D eigenvalue weighted by atomic mass is 10.0. The third-order valence-corrected chi connectivity index (χ3v) is 2.23. The van der Waals surface area contributed by atoms with Gasteiger partial charge in [0, 0.05) is 0 Å². The van der Waals surface area contributed by atoms with Gasteiger partial charge in [-0.3, -0.25) is 0 Å². The van der Waals surface area contributed by atoms with E-state index in [1.165, 1.54) is 0 Å². The highest BCUT2D eigenvalue weighted by Gasteiger charge is 2.17. The van der Waals surface area contributed by atoms with E-state index in [2.05, 4.69) is 4.74 Å². The fourth-order valence-electron chi connectivity index (χ4n) is 1.40. The van der Waals surface area contributed by atoms with Crippen molar-refractivity contribution in [3.05, 3.63) is 41.2 Å². The second kappa shape index (κ2) is 5.71. The van der Waals surface area contributed by atoms with Crippen LogP contribution in [-0.4, -0.2) is 17.7 Å². The number of rotatable bonds is 3. The maximum absolute atomic E-state index is 11.3. The van der Waals surface area contributed by atoms with E-state index in [0.717, 1.165) is 5.56 Å². The van der Waals surface area contributed by atoms with Gasteiger partial charge in [-0.15, -0.1) is 0 Å². The van der Waals surface area contributed by atoms with E-state index in [1.807, 2.05) is 12.1 Å². The number of allylic oxidation sites excluding steroid dienone is 1. The molecule has 0 bridgehead atoms. The molecule has 1 N–H and O–H groups in total. The lowest BCUT2D eigenvalue weighted by Crippen LogP contribution is -2.09. The molecule has 1 aromatic rings. The SMILES string of the molecule is CCOC(=O)C(O)=C(C#N)c1ccccc1C. The number of nitriles is 1. The molecule has 1 rings (SSSR count). The number of ether oxygens (including phenoxy) is 1. The van der Waals surface area contributed by atoms with Gasteiger partial charge in [0.15, 0.2) is 0 Å². The molecule has 4 heteroatoms. The van der Waals surface area contributed by atoms with Gasteiger partial charge in [-0.05, 0) is 25.0 Å². The minimum Gasteiger partial charge on any atom is -0.501 e. The minimum absolute atomic E-state index is 0.0680. The number of aryl methyl sites for hydroxylation is 1. The number of carbonyl (C=O) groups is 1. The van der Waals surface area contributed by atoms with Crippen LogP contribution in [-0.2, 0) is 9.53 Å². The van der Waals surface area contributed by atoms with E-state index in [9.17, 15) is 9.90 Å². The lowest BCUT2D eigenvalue weighted by molar-refractivity contribution is -0.141. The van der Waals surface area contributed by atoms with Crippen LogP contribution in [0.1, 0.15) is 18.1 Å². The number of aliphatic hydroxyl groups is 1. The number of carbonyl (C=O) groups excluding carboxylic acids is 1. The van der Waals surface area contributed by atoms with Gasteiger partial charge in [0.1, 0.15) is 11.6 Å². The Bertz CT molecular complexity index is 498. The summed E-state index contributed by atoms with van der Waals surface area (Å²) in [5.74, 6) is -1.53. The van der Waals surface area contributed by atoms with Crippen molar-refractivity contribution in [1.82, 2.24) is 0 Å². The summed E-state index contributed by atoms with van der Waals surface area (Å²) in [5.41, 5.74) is 1.27. The van der Waals surface area contributed by atoms with Crippen molar-refractivity contribution in [2.75, 3.05) is 6.61 Å². The Kier molecular flexibility index (Phi) is 4.29. The zero-order valence-corrected chi connectivity index (χ0v) is 9.73. The van der Waals surface area contributed by atoms with Crippen LogP contribution in [0.4, 0.5) is 0 Å². The fraction of sp³-hybridized carbons (Fsp3) is 0.231. The fourth-order valence-corrected chi connectivity index (χ4v) is 1.40. The molecule has 0 heterocycles. The van der Waals surface area contributed by atoms with Gasteiger partial charge in [0.25, 0.3) is 0 Å². The molecule has 4 nitrogen and oxygen atoms in total. The van der Waals surface area contributed by atoms with Gasteiger partial charge < -0.3 is 9.84 Å². The van der Waals surface area contributed by atoms with Crippen molar-refractivity contribution in [2.45, 2.75) is 13.8 Å². The predicted octanol–water partition coefficient (Wildman–Crippen LogP) is 2.35. The highest BCUT2D eigenvalue weighted by molar-refractivity contribution is 5.99. The average Bonchev–Trinajstić information content (AvgIpc) is 2.32. The van der Waals surface area contributed by atoms with Crippen LogP contribution in [0.15, 0.2) is 30.0 Å². The summed E-state index contributed by atoms with van der Waals surface area (Å²) in [5, 5.41) is 18.7. The van der Waals surface area contributed by atoms with E-state index < -0.39 is 11.7 Å². The second-order valence-corrected chi connectivity index (χ2v) is 3.37. The van der Waals surface area contributed by atoms with Crippen molar-refractivity contribution in [1.29, 1.82) is 5.26 Å². The molecule has 1 aromatic carbocycles. The zero-order chi connectivity index (χ0) is 12.8. The molecular formula is C13H13NO3. The molecule has 0 atom stereocenters. The van der Waals surface area contributed by atoms with E-state index in [0.29, 0.717) is 5.56 Å². The van der Waals surface area contributed by atoms with Gasteiger partial charge in [0.05, 0.1) is 6.61 Å². The number of benzene rings is 1. The van der Waals surface area contributed by atoms with Gasteiger partial charge in [-0.1, -0.05) is 24.3 Å². The van der Waals surface area contributed by atoms with Crippen LogP contribution in [0.25, 0.3) is 5.57 Å².